The molecule has 1 amide bonds. The van der Waals surface area contributed by atoms with E-state index < -0.39 is 0 Å². The van der Waals surface area contributed by atoms with Crippen molar-refractivity contribution in [3.05, 3.63) is 0 Å². The number of halogens is 1. The quantitative estimate of drug-likeness (QED) is 0.186. The third-order valence-electron chi connectivity index (χ3n) is 5.66. The van der Waals surface area contributed by atoms with Crippen LogP contribution in [-0.2, 0) is 14.3 Å². The topological polar surface area (TPSA) is 69.6 Å². The number of hydrogen-bond donors (Lipinski definition) is 1. The van der Waals surface area contributed by atoms with E-state index in [2.05, 4.69) is 22.0 Å². The van der Waals surface area contributed by atoms with E-state index in [1.165, 1.54) is 0 Å². The molecule has 2 aliphatic rings. The number of amides is 1. The molecule has 30 heavy (non-hydrogen) atoms. The van der Waals surface area contributed by atoms with Gasteiger partial charge in [0.2, 0.25) is 5.91 Å². The van der Waals surface area contributed by atoms with Gasteiger partial charge in [-0.2, -0.15) is 0 Å². The summed E-state index contributed by atoms with van der Waals surface area (Å²) < 4.78 is 10.7. The number of guanidine groups is 1. The zero-order chi connectivity index (χ0) is 21.1. The van der Waals surface area contributed by atoms with Crippen LogP contribution in [0.1, 0.15) is 32.6 Å². The first-order chi connectivity index (χ1) is 14.1. The summed E-state index contributed by atoms with van der Waals surface area (Å²) in [6.45, 7) is 9.83. The van der Waals surface area contributed by atoms with Gasteiger partial charge in [0.25, 0.3) is 0 Å². The molecule has 176 valence electrons. The number of nitrogens with one attached hydrogen (secondary N) is 1. The number of nitrogens with zero attached hydrogens (tertiary/aromatic N) is 4. The number of aliphatic imine (C=N–C) groups is 1. The highest BCUT2D eigenvalue weighted by atomic mass is 127. The molecule has 2 heterocycles. The maximum atomic E-state index is 12.3. The summed E-state index contributed by atoms with van der Waals surface area (Å²) in [5.74, 6) is 1.79. The molecule has 1 N–H and O–H groups in total. The number of hydrogen-bond acceptors (Lipinski definition) is 5. The molecule has 9 heteroatoms. The highest BCUT2D eigenvalue weighted by Gasteiger charge is 2.31. The number of carbonyl (C=O) groups is 1. The summed E-state index contributed by atoms with van der Waals surface area (Å²) in [7, 11) is 5.39. The van der Waals surface area contributed by atoms with Crippen LogP contribution in [-0.4, -0.2) is 113 Å². The maximum absolute atomic E-state index is 12.3. The van der Waals surface area contributed by atoms with E-state index in [9.17, 15) is 4.79 Å². The fourth-order valence-corrected chi connectivity index (χ4v) is 4.11. The Hall–Kier alpha value is -0.650. The van der Waals surface area contributed by atoms with E-state index in [0.717, 1.165) is 77.5 Å². The van der Waals surface area contributed by atoms with Gasteiger partial charge in [0.1, 0.15) is 0 Å². The van der Waals surface area contributed by atoms with Crippen molar-refractivity contribution in [3.63, 3.8) is 0 Å². The lowest BCUT2D eigenvalue weighted by atomic mass is 10.1. The Kier molecular flexibility index (Phi) is 13.9. The Morgan fingerprint density at radius 1 is 1.23 bits per heavy atom. The van der Waals surface area contributed by atoms with Gasteiger partial charge in [0.15, 0.2) is 5.96 Å². The van der Waals surface area contributed by atoms with Crippen molar-refractivity contribution < 1.29 is 14.3 Å². The molecule has 0 bridgehead atoms. The molecule has 0 aromatic heterocycles. The minimum absolute atomic E-state index is 0. The molecule has 2 unspecified atom stereocenters. The third kappa shape index (κ3) is 8.84. The molecule has 0 saturated carbocycles. The van der Waals surface area contributed by atoms with Crippen molar-refractivity contribution in [2.45, 2.75) is 38.6 Å². The molecular weight excluding hydrogens is 497 g/mol. The van der Waals surface area contributed by atoms with Crippen LogP contribution in [0.4, 0.5) is 0 Å². The minimum Gasteiger partial charge on any atom is -0.382 e. The van der Waals surface area contributed by atoms with E-state index in [-0.39, 0.29) is 35.9 Å². The summed E-state index contributed by atoms with van der Waals surface area (Å²) in [4.78, 5) is 23.6. The average Bonchev–Trinajstić information content (AvgIpc) is 3.36. The molecule has 0 aromatic carbocycles. The van der Waals surface area contributed by atoms with Crippen LogP contribution in [0.15, 0.2) is 4.99 Å². The van der Waals surface area contributed by atoms with Gasteiger partial charge < -0.3 is 24.6 Å². The third-order valence-corrected chi connectivity index (χ3v) is 5.66. The Morgan fingerprint density at radius 3 is 2.73 bits per heavy atom. The highest BCUT2D eigenvalue weighted by Crippen LogP contribution is 2.19. The van der Waals surface area contributed by atoms with Gasteiger partial charge >= 0.3 is 0 Å². The number of likely N-dealkylation sites (tertiary alicyclic amines) is 2. The monoisotopic (exact) mass is 539 g/mol. The number of likely N-dealkylation sites (N-methyl/N-ethyl adjacent to an activating group) is 1. The normalized spacial score (nSPS) is 22.3. The predicted molar refractivity (Wildman–Crippen MR) is 132 cm³/mol. The average molecular weight is 540 g/mol. The van der Waals surface area contributed by atoms with Gasteiger partial charge in [-0.1, -0.05) is 0 Å². The molecule has 2 aliphatic heterocycles. The van der Waals surface area contributed by atoms with Crippen LogP contribution in [0.2, 0.25) is 0 Å². The van der Waals surface area contributed by atoms with Crippen LogP contribution in [0.3, 0.4) is 0 Å². The number of ether oxygens (including phenoxy) is 2. The fourth-order valence-electron chi connectivity index (χ4n) is 4.11. The first kappa shape index (κ1) is 27.4. The summed E-state index contributed by atoms with van der Waals surface area (Å²) in [6, 6.07) is 0.0552. The molecule has 8 nitrogen and oxygen atoms in total. The van der Waals surface area contributed by atoms with Gasteiger partial charge in [-0.15, -0.1) is 24.0 Å². The van der Waals surface area contributed by atoms with Gasteiger partial charge in [-0.3, -0.25) is 14.7 Å². The van der Waals surface area contributed by atoms with E-state index in [4.69, 9.17) is 14.5 Å². The fraction of sp³-hybridized carbons (Fsp3) is 0.905. The van der Waals surface area contributed by atoms with Crippen molar-refractivity contribution in [3.8, 4) is 0 Å². The van der Waals surface area contributed by atoms with Gasteiger partial charge in [-0.25, -0.2) is 0 Å². The zero-order valence-corrected chi connectivity index (χ0v) is 21.6. The van der Waals surface area contributed by atoms with Gasteiger partial charge in [-0.05, 0) is 39.2 Å². The zero-order valence-electron chi connectivity index (χ0n) is 19.3. The molecule has 2 rings (SSSR count). The molecule has 2 atom stereocenters. The molecule has 2 saturated heterocycles. The van der Waals surface area contributed by atoms with Crippen LogP contribution >= 0.6 is 24.0 Å². The van der Waals surface area contributed by atoms with Crippen molar-refractivity contribution >= 4 is 35.8 Å². The van der Waals surface area contributed by atoms with Crippen molar-refractivity contribution in [1.82, 2.24) is 20.0 Å². The lowest BCUT2D eigenvalue weighted by Crippen LogP contribution is -2.43. The standard InChI is InChI=1S/C21H41N5O3.HI/c1-5-22-21(26-13-9-18(16-26)17-29-15-14-28-4)23-10-7-12-25-11-6-8-19(25)20(27)24(2)3;/h18-19H,5-17H2,1-4H3,(H,22,23);1H. The Bertz CT molecular complexity index is 521. The van der Waals surface area contributed by atoms with Gasteiger partial charge in [0.05, 0.1) is 25.9 Å². The lowest BCUT2D eigenvalue weighted by Gasteiger charge is -2.26. The van der Waals surface area contributed by atoms with Crippen LogP contribution in [0.25, 0.3) is 0 Å². The Labute approximate surface area is 199 Å². The SMILES string of the molecule is CCNC(=NCCCN1CCCC1C(=O)N(C)C)N1CCC(COCCOC)C1.I. The Balaban J connectivity index is 0.00000450. The van der Waals surface area contributed by atoms with E-state index in [0.29, 0.717) is 19.1 Å². The van der Waals surface area contributed by atoms with E-state index >= 15 is 0 Å². The molecule has 0 aliphatic carbocycles. The predicted octanol–water partition coefficient (Wildman–Crippen LogP) is 1.50. The summed E-state index contributed by atoms with van der Waals surface area (Å²) in [6.07, 6.45) is 4.20. The first-order valence-electron chi connectivity index (χ1n) is 11.1. The largest absolute Gasteiger partial charge is 0.382 e. The van der Waals surface area contributed by atoms with E-state index in [1.54, 1.807) is 12.0 Å². The second-order valence-corrected chi connectivity index (χ2v) is 8.18. The number of rotatable bonds is 11. The maximum Gasteiger partial charge on any atom is 0.239 e. The minimum atomic E-state index is 0. The Morgan fingerprint density at radius 2 is 2.03 bits per heavy atom. The van der Waals surface area contributed by atoms with Crippen molar-refractivity contribution in [1.29, 1.82) is 0 Å². The molecule has 2 fully saturated rings. The smallest absolute Gasteiger partial charge is 0.239 e. The summed E-state index contributed by atoms with van der Waals surface area (Å²) >= 11 is 0. The van der Waals surface area contributed by atoms with Gasteiger partial charge in [0, 0.05) is 59.8 Å². The number of methoxy groups -OCH3 is 1. The molecule has 0 radical (unpaired) electrons. The lowest BCUT2D eigenvalue weighted by molar-refractivity contribution is -0.133. The molecule has 0 aromatic rings. The molecule has 0 spiro atoms. The van der Waals surface area contributed by atoms with Crippen LogP contribution in [0, 0.1) is 5.92 Å². The number of carbonyl (C=O) groups excluding carboxylic acids is 1. The van der Waals surface area contributed by atoms with Crippen molar-refractivity contribution in [2.24, 2.45) is 10.9 Å². The van der Waals surface area contributed by atoms with Crippen LogP contribution < -0.4 is 5.32 Å². The summed E-state index contributed by atoms with van der Waals surface area (Å²) in [5.41, 5.74) is 0. The second kappa shape index (κ2) is 15.2. The van der Waals surface area contributed by atoms with Crippen molar-refractivity contribution in [2.75, 3.05) is 80.3 Å². The van der Waals surface area contributed by atoms with Crippen LogP contribution in [0.5, 0.6) is 0 Å². The van der Waals surface area contributed by atoms with E-state index in [1.807, 2.05) is 14.1 Å². The first-order valence-corrected chi connectivity index (χ1v) is 11.1. The molecular formula is C21H42IN5O3. The summed E-state index contributed by atoms with van der Waals surface area (Å²) in [5, 5.41) is 3.43. The second-order valence-electron chi connectivity index (χ2n) is 8.18. The highest BCUT2D eigenvalue weighted by molar-refractivity contribution is 14.0.